The van der Waals surface area contributed by atoms with Crippen LogP contribution in [0.5, 0.6) is 0 Å². The van der Waals surface area contributed by atoms with Crippen LogP contribution in [0.4, 0.5) is 0 Å². The standard InChI is InChI=1S/C23H41N/c1-2-3-4-5-6-7-8-9-10-11-12-13-14-15-16-18-21-24-22-19-17-20-23-24/h5-6,14-16,18H,2-4,7-13,17,19-23H2,1H3. The maximum absolute atomic E-state index is 2.56. The molecule has 0 N–H and O–H groups in total. The van der Waals surface area contributed by atoms with Gasteiger partial charge in [-0.25, -0.2) is 0 Å². The van der Waals surface area contributed by atoms with Crippen molar-refractivity contribution in [1.82, 2.24) is 4.90 Å². The molecule has 1 fully saturated rings. The SMILES string of the molecule is CCCCC=CCCCCCCCC=CC=CCN1CCCCC1. The van der Waals surface area contributed by atoms with Gasteiger partial charge in [0, 0.05) is 6.54 Å². The predicted molar refractivity (Wildman–Crippen MR) is 110 cm³/mol. The van der Waals surface area contributed by atoms with Crippen LogP contribution in [-0.4, -0.2) is 24.5 Å². The molecule has 0 aromatic rings. The Hall–Kier alpha value is -0.820. The summed E-state index contributed by atoms with van der Waals surface area (Å²) in [5.74, 6) is 0. The molecule has 24 heavy (non-hydrogen) atoms. The summed E-state index contributed by atoms with van der Waals surface area (Å²) in [5.41, 5.74) is 0. The summed E-state index contributed by atoms with van der Waals surface area (Å²) in [6.07, 6.45) is 31.5. The summed E-state index contributed by atoms with van der Waals surface area (Å²) in [6, 6.07) is 0. The van der Waals surface area contributed by atoms with Crippen LogP contribution in [0, 0.1) is 0 Å². The van der Waals surface area contributed by atoms with Gasteiger partial charge in [0.05, 0.1) is 0 Å². The van der Waals surface area contributed by atoms with E-state index in [1.165, 1.54) is 96.6 Å². The van der Waals surface area contributed by atoms with Gasteiger partial charge in [0.1, 0.15) is 0 Å². The van der Waals surface area contributed by atoms with Crippen molar-refractivity contribution in [3.63, 3.8) is 0 Å². The molecule has 138 valence electrons. The third kappa shape index (κ3) is 13.6. The van der Waals surface area contributed by atoms with Crippen molar-refractivity contribution in [1.29, 1.82) is 0 Å². The monoisotopic (exact) mass is 331 g/mol. The normalized spacial score (nSPS) is 16.9. The van der Waals surface area contributed by atoms with E-state index >= 15 is 0 Å². The van der Waals surface area contributed by atoms with Gasteiger partial charge in [-0.05, 0) is 58.0 Å². The Labute approximate surface area is 151 Å². The highest BCUT2D eigenvalue weighted by Gasteiger charge is 2.06. The van der Waals surface area contributed by atoms with Crippen LogP contribution in [0.1, 0.15) is 90.4 Å². The zero-order valence-electron chi connectivity index (χ0n) is 16.2. The molecule has 0 aliphatic carbocycles. The molecule has 1 aliphatic heterocycles. The fraction of sp³-hybridized carbons (Fsp3) is 0.739. The van der Waals surface area contributed by atoms with E-state index in [1.807, 2.05) is 0 Å². The molecule has 1 saturated heterocycles. The Kier molecular flexibility index (Phi) is 15.0. The van der Waals surface area contributed by atoms with Gasteiger partial charge in [0.15, 0.2) is 0 Å². The van der Waals surface area contributed by atoms with Gasteiger partial charge >= 0.3 is 0 Å². The molecule has 0 amide bonds. The van der Waals surface area contributed by atoms with E-state index in [9.17, 15) is 0 Å². The number of hydrogen-bond donors (Lipinski definition) is 0. The van der Waals surface area contributed by atoms with Crippen molar-refractivity contribution in [2.24, 2.45) is 0 Å². The van der Waals surface area contributed by atoms with Crippen molar-refractivity contribution in [3.05, 3.63) is 36.5 Å². The first-order valence-corrected chi connectivity index (χ1v) is 10.6. The molecule has 1 heterocycles. The summed E-state index contributed by atoms with van der Waals surface area (Å²) in [5, 5.41) is 0. The Morgan fingerprint density at radius 1 is 0.625 bits per heavy atom. The van der Waals surface area contributed by atoms with E-state index in [4.69, 9.17) is 0 Å². The van der Waals surface area contributed by atoms with Crippen LogP contribution in [0.25, 0.3) is 0 Å². The minimum atomic E-state index is 1.14. The van der Waals surface area contributed by atoms with Crippen molar-refractivity contribution >= 4 is 0 Å². The molecule has 1 heteroatoms. The molecule has 1 rings (SSSR count). The Morgan fingerprint density at radius 2 is 1.21 bits per heavy atom. The molecule has 1 nitrogen and oxygen atoms in total. The van der Waals surface area contributed by atoms with E-state index in [0.29, 0.717) is 0 Å². The lowest BCUT2D eigenvalue weighted by Gasteiger charge is -2.24. The van der Waals surface area contributed by atoms with Crippen LogP contribution < -0.4 is 0 Å². The summed E-state index contributed by atoms with van der Waals surface area (Å²) in [6.45, 7) is 5.98. The predicted octanol–water partition coefficient (Wildman–Crippen LogP) is 7.06. The second-order valence-corrected chi connectivity index (χ2v) is 7.18. The average Bonchev–Trinajstić information content (AvgIpc) is 2.62. The maximum Gasteiger partial charge on any atom is 0.0166 e. The molecular weight excluding hydrogens is 290 g/mol. The van der Waals surface area contributed by atoms with Crippen LogP contribution in [-0.2, 0) is 0 Å². The second-order valence-electron chi connectivity index (χ2n) is 7.18. The highest BCUT2D eigenvalue weighted by molar-refractivity contribution is 5.03. The Morgan fingerprint density at radius 3 is 1.92 bits per heavy atom. The molecule has 0 unspecified atom stereocenters. The molecule has 0 atom stereocenters. The van der Waals surface area contributed by atoms with E-state index < -0.39 is 0 Å². The number of likely N-dealkylation sites (tertiary alicyclic amines) is 1. The topological polar surface area (TPSA) is 3.24 Å². The van der Waals surface area contributed by atoms with Crippen molar-refractivity contribution < 1.29 is 0 Å². The molecule has 0 bridgehead atoms. The molecule has 0 spiro atoms. The quantitative estimate of drug-likeness (QED) is 0.187. The van der Waals surface area contributed by atoms with Gasteiger partial charge in [-0.15, -0.1) is 0 Å². The van der Waals surface area contributed by atoms with Crippen LogP contribution >= 0.6 is 0 Å². The summed E-state index contributed by atoms with van der Waals surface area (Å²) >= 11 is 0. The summed E-state index contributed by atoms with van der Waals surface area (Å²) < 4.78 is 0. The minimum absolute atomic E-state index is 1.14. The fourth-order valence-corrected chi connectivity index (χ4v) is 3.22. The summed E-state index contributed by atoms with van der Waals surface area (Å²) in [7, 11) is 0. The lowest BCUT2D eigenvalue weighted by atomic mass is 10.1. The zero-order chi connectivity index (χ0) is 17.1. The highest BCUT2D eigenvalue weighted by atomic mass is 15.1. The van der Waals surface area contributed by atoms with Gasteiger partial charge in [-0.1, -0.05) is 81.9 Å². The van der Waals surface area contributed by atoms with Crippen molar-refractivity contribution in [2.75, 3.05) is 19.6 Å². The number of allylic oxidation sites excluding steroid dienone is 5. The number of hydrogen-bond acceptors (Lipinski definition) is 1. The molecule has 1 aliphatic rings. The third-order valence-corrected chi connectivity index (χ3v) is 4.83. The molecule has 0 radical (unpaired) electrons. The number of nitrogens with zero attached hydrogens (tertiary/aromatic N) is 1. The number of rotatable bonds is 14. The molecule has 0 saturated carbocycles. The molecule has 0 aromatic heterocycles. The lowest BCUT2D eigenvalue weighted by molar-refractivity contribution is 0.251. The van der Waals surface area contributed by atoms with Crippen LogP contribution in [0.3, 0.4) is 0 Å². The smallest absolute Gasteiger partial charge is 0.0166 e. The molecule has 0 aromatic carbocycles. The highest BCUT2D eigenvalue weighted by Crippen LogP contribution is 2.09. The molecular formula is C23H41N. The number of unbranched alkanes of at least 4 members (excludes halogenated alkanes) is 8. The first-order valence-electron chi connectivity index (χ1n) is 10.6. The van der Waals surface area contributed by atoms with E-state index in [0.717, 1.165) is 6.54 Å². The zero-order valence-corrected chi connectivity index (χ0v) is 16.2. The number of piperidine rings is 1. The van der Waals surface area contributed by atoms with Gasteiger partial charge in [-0.2, -0.15) is 0 Å². The third-order valence-electron chi connectivity index (χ3n) is 4.83. The second kappa shape index (κ2) is 17.0. The van der Waals surface area contributed by atoms with E-state index in [1.54, 1.807) is 0 Å². The minimum Gasteiger partial charge on any atom is -0.300 e. The fourth-order valence-electron chi connectivity index (χ4n) is 3.22. The van der Waals surface area contributed by atoms with Crippen molar-refractivity contribution in [2.45, 2.75) is 90.4 Å². The van der Waals surface area contributed by atoms with E-state index in [-0.39, 0.29) is 0 Å². The van der Waals surface area contributed by atoms with Gasteiger partial charge in [0.25, 0.3) is 0 Å². The van der Waals surface area contributed by atoms with Crippen LogP contribution in [0.15, 0.2) is 36.5 Å². The van der Waals surface area contributed by atoms with Crippen LogP contribution in [0.2, 0.25) is 0 Å². The maximum atomic E-state index is 2.56. The van der Waals surface area contributed by atoms with Gasteiger partial charge in [-0.3, -0.25) is 4.90 Å². The van der Waals surface area contributed by atoms with Gasteiger partial charge < -0.3 is 0 Å². The summed E-state index contributed by atoms with van der Waals surface area (Å²) in [4.78, 5) is 2.56. The van der Waals surface area contributed by atoms with E-state index in [2.05, 4.69) is 48.3 Å². The first kappa shape index (κ1) is 21.2. The largest absolute Gasteiger partial charge is 0.300 e. The van der Waals surface area contributed by atoms with Gasteiger partial charge in [0.2, 0.25) is 0 Å². The van der Waals surface area contributed by atoms with Crippen molar-refractivity contribution in [3.8, 4) is 0 Å². The lowest BCUT2D eigenvalue weighted by Crippen LogP contribution is -2.29. The average molecular weight is 332 g/mol. The Balaban J connectivity index is 1.81. The Bertz CT molecular complexity index is 334. The first-order chi connectivity index (χ1) is 11.9.